The van der Waals surface area contributed by atoms with Gasteiger partial charge in [0, 0.05) is 36.8 Å². The maximum Gasteiger partial charge on any atom is 0.123 e. The lowest BCUT2D eigenvalue weighted by atomic mass is 9.82. The Kier molecular flexibility index (Phi) is 4.64. The predicted molar refractivity (Wildman–Crippen MR) is 88.7 cm³/mol. The van der Waals surface area contributed by atoms with Gasteiger partial charge in [0.15, 0.2) is 0 Å². The average Bonchev–Trinajstić information content (AvgIpc) is 2.40. The molecule has 0 bridgehead atoms. The molecule has 0 aliphatic carbocycles. The van der Waals surface area contributed by atoms with Gasteiger partial charge in [-0.25, -0.2) is 0 Å². The first-order valence-corrected chi connectivity index (χ1v) is 7.84. The van der Waals surface area contributed by atoms with E-state index in [0.29, 0.717) is 6.04 Å². The summed E-state index contributed by atoms with van der Waals surface area (Å²) in [4.78, 5) is 2.58. The lowest BCUT2D eigenvalue weighted by Gasteiger charge is -2.49. The highest BCUT2D eigenvalue weighted by molar-refractivity contribution is 5.33. The molecule has 0 radical (unpaired) electrons. The molecule has 1 aliphatic heterocycles. The number of rotatable bonds is 3. The zero-order chi connectivity index (χ0) is 15.7. The van der Waals surface area contributed by atoms with Crippen molar-refractivity contribution in [3.63, 3.8) is 0 Å². The van der Waals surface area contributed by atoms with Crippen LogP contribution in [0.5, 0.6) is 5.75 Å². The minimum atomic E-state index is 0.155. The van der Waals surface area contributed by atoms with E-state index in [1.807, 2.05) is 12.1 Å². The summed E-state index contributed by atoms with van der Waals surface area (Å²) in [5.74, 6) is 0.985. The Labute approximate surface area is 129 Å². The number of nitrogens with zero attached hydrogens (tertiary/aromatic N) is 1. The first-order chi connectivity index (χ1) is 9.74. The van der Waals surface area contributed by atoms with Crippen molar-refractivity contribution in [3.05, 3.63) is 29.8 Å². The molecule has 21 heavy (non-hydrogen) atoms. The molecule has 3 nitrogen and oxygen atoms in total. The number of hydrogen-bond donors (Lipinski definition) is 1. The van der Waals surface area contributed by atoms with E-state index >= 15 is 0 Å². The van der Waals surface area contributed by atoms with Gasteiger partial charge in [-0.2, -0.15) is 0 Å². The normalized spacial score (nSPS) is 23.0. The van der Waals surface area contributed by atoms with Crippen LogP contribution < -0.4 is 10.1 Å². The largest absolute Gasteiger partial charge is 0.496 e. The summed E-state index contributed by atoms with van der Waals surface area (Å²) in [7, 11) is 1.75. The highest BCUT2D eigenvalue weighted by Crippen LogP contribution is 2.30. The number of nitrogens with one attached hydrogen (secondary N) is 1. The van der Waals surface area contributed by atoms with E-state index < -0.39 is 0 Å². The van der Waals surface area contributed by atoms with Gasteiger partial charge in [0.1, 0.15) is 5.75 Å². The Hall–Kier alpha value is -1.06. The second-order valence-electron chi connectivity index (χ2n) is 7.80. The van der Waals surface area contributed by atoms with Crippen molar-refractivity contribution >= 4 is 0 Å². The molecular weight excluding hydrogens is 260 g/mol. The zero-order valence-corrected chi connectivity index (χ0v) is 14.4. The second-order valence-corrected chi connectivity index (χ2v) is 7.80. The molecule has 1 aliphatic rings. The molecular formula is C18H30N2O. The summed E-state index contributed by atoms with van der Waals surface area (Å²) >= 11 is 0. The molecule has 1 aromatic carbocycles. The van der Waals surface area contributed by atoms with Crippen molar-refractivity contribution in [1.82, 2.24) is 10.2 Å². The molecule has 1 heterocycles. The Morgan fingerprint density at radius 1 is 1.29 bits per heavy atom. The number of para-hydroxylation sites is 1. The van der Waals surface area contributed by atoms with Gasteiger partial charge in [0.05, 0.1) is 7.11 Å². The summed E-state index contributed by atoms with van der Waals surface area (Å²) in [5.41, 5.74) is 1.70. The maximum atomic E-state index is 5.51. The summed E-state index contributed by atoms with van der Waals surface area (Å²) in [6, 6.07) is 8.85. The van der Waals surface area contributed by atoms with Crippen molar-refractivity contribution in [3.8, 4) is 5.75 Å². The monoisotopic (exact) mass is 290 g/mol. The number of piperazine rings is 1. The topological polar surface area (TPSA) is 24.5 Å². The molecule has 0 spiro atoms. The summed E-state index contributed by atoms with van der Waals surface area (Å²) in [5, 5.41) is 3.72. The predicted octanol–water partition coefficient (Wildman–Crippen LogP) is 3.29. The third-order valence-electron chi connectivity index (χ3n) is 4.64. The van der Waals surface area contributed by atoms with Crippen LogP contribution in [0.4, 0.5) is 0 Å². The maximum absolute atomic E-state index is 5.51. The molecule has 0 saturated carbocycles. The highest BCUT2D eigenvalue weighted by atomic mass is 16.5. The number of ether oxygens (including phenoxy) is 1. The van der Waals surface area contributed by atoms with Gasteiger partial charge in [-0.15, -0.1) is 0 Å². The molecule has 3 heteroatoms. The third kappa shape index (κ3) is 3.78. The number of methoxy groups -OCH3 is 1. The van der Waals surface area contributed by atoms with Crippen LogP contribution in [-0.4, -0.2) is 36.7 Å². The SMILES string of the molecule is COc1ccccc1CN1CC(C(C)(C)C)NCC1(C)C. The van der Waals surface area contributed by atoms with E-state index in [1.165, 1.54) is 5.56 Å². The average molecular weight is 290 g/mol. The summed E-state index contributed by atoms with van der Waals surface area (Å²) in [6.07, 6.45) is 0. The van der Waals surface area contributed by atoms with Crippen LogP contribution in [0.3, 0.4) is 0 Å². The third-order valence-corrected chi connectivity index (χ3v) is 4.64. The Bertz CT molecular complexity index is 476. The molecule has 0 amide bonds. The van der Waals surface area contributed by atoms with Crippen molar-refractivity contribution in [2.24, 2.45) is 5.41 Å². The van der Waals surface area contributed by atoms with Crippen molar-refractivity contribution in [2.45, 2.75) is 52.7 Å². The van der Waals surface area contributed by atoms with Crippen LogP contribution in [0.25, 0.3) is 0 Å². The van der Waals surface area contributed by atoms with Gasteiger partial charge in [-0.05, 0) is 25.3 Å². The minimum Gasteiger partial charge on any atom is -0.496 e. The van der Waals surface area contributed by atoms with E-state index in [4.69, 9.17) is 4.74 Å². The van der Waals surface area contributed by atoms with Crippen LogP contribution in [0, 0.1) is 5.41 Å². The molecule has 1 fully saturated rings. The zero-order valence-electron chi connectivity index (χ0n) is 14.4. The quantitative estimate of drug-likeness (QED) is 0.924. The van der Waals surface area contributed by atoms with E-state index in [0.717, 1.165) is 25.4 Å². The lowest BCUT2D eigenvalue weighted by molar-refractivity contribution is 0.0291. The van der Waals surface area contributed by atoms with Crippen molar-refractivity contribution in [1.29, 1.82) is 0 Å². The van der Waals surface area contributed by atoms with Gasteiger partial charge in [-0.3, -0.25) is 4.90 Å². The van der Waals surface area contributed by atoms with Gasteiger partial charge >= 0.3 is 0 Å². The van der Waals surface area contributed by atoms with Gasteiger partial charge in [0.25, 0.3) is 0 Å². The molecule has 1 unspecified atom stereocenters. The van der Waals surface area contributed by atoms with Gasteiger partial charge in [0.2, 0.25) is 0 Å². The van der Waals surface area contributed by atoms with Crippen LogP contribution in [-0.2, 0) is 6.54 Å². The fraction of sp³-hybridized carbons (Fsp3) is 0.667. The lowest BCUT2D eigenvalue weighted by Crippen LogP contribution is -2.64. The van der Waals surface area contributed by atoms with Crippen LogP contribution in [0.1, 0.15) is 40.2 Å². The molecule has 1 saturated heterocycles. The smallest absolute Gasteiger partial charge is 0.123 e. The van der Waals surface area contributed by atoms with Crippen LogP contribution in [0.2, 0.25) is 0 Å². The first kappa shape index (κ1) is 16.3. The van der Waals surface area contributed by atoms with Crippen LogP contribution in [0.15, 0.2) is 24.3 Å². The molecule has 0 aromatic heterocycles. The molecule has 1 atom stereocenters. The highest BCUT2D eigenvalue weighted by Gasteiger charge is 2.38. The molecule has 2 rings (SSSR count). The van der Waals surface area contributed by atoms with Crippen LogP contribution >= 0.6 is 0 Å². The van der Waals surface area contributed by atoms with E-state index in [1.54, 1.807) is 7.11 Å². The van der Waals surface area contributed by atoms with Gasteiger partial charge < -0.3 is 10.1 Å². The standard InChI is InChI=1S/C18H30N2O/c1-17(2,3)16-12-20(18(4,5)13-19-16)11-14-9-7-8-10-15(14)21-6/h7-10,16,19H,11-13H2,1-6H3. The molecule has 1 aromatic rings. The van der Waals surface area contributed by atoms with E-state index in [9.17, 15) is 0 Å². The van der Waals surface area contributed by atoms with E-state index in [2.05, 4.69) is 57.0 Å². The molecule has 1 N–H and O–H groups in total. The number of benzene rings is 1. The second kappa shape index (κ2) is 5.98. The van der Waals surface area contributed by atoms with Crippen molar-refractivity contribution < 1.29 is 4.74 Å². The fourth-order valence-electron chi connectivity index (χ4n) is 2.91. The Morgan fingerprint density at radius 3 is 2.57 bits per heavy atom. The summed E-state index contributed by atoms with van der Waals surface area (Å²) < 4.78 is 5.51. The first-order valence-electron chi connectivity index (χ1n) is 7.84. The van der Waals surface area contributed by atoms with Gasteiger partial charge in [-0.1, -0.05) is 39.0 Å². The minimum absolute atomic E-state index is 0.155. The molecule has 118 valence electrons. The Morgan fingerprint density at radius 2 is 1.95 bits per heavy atom. The fourth-order valence-corrected chi connectivity index (χ4v) is 2.91. The Balaban J connectivity index is 2.19. The number of hydrogen-bond acceptors (Lipinski definition) is 3. The summed E-state index contributed by atoms with van der Waals surface area (Å²) in [6.45, 7) is 14.6. The van der Waals surface area contributed by atoms with Crippen molar-refractivity contribution in [2.75, 3.05) is 20.2 Å². The van der Waals surface area contributed by atoms with E-state index in [-0.39, 0.29) is 11.0 Å².